The van der Waals surface area contributed by atoms with Crippen molar-refractivity contribution in [1.82, 2.24) is 5.32 Å². The summed E-state index contributed by atoms with van der Waals surface area (Å²) in [6, 6.07) is 21.1. The van der Waals surface area contributed by atoms with Crippen LogP contribution in [0.3, 0.4) is 0 Å². The minimum atomic E-state index is -3.48. The number of amides is 1. The molecule has 0 atom stereocenters. The number of carbonyl (C=O) groups is 1. The van der Waals surface area contributed by atoms with E-state index in [4.69, 9.17) is 9.47 Å². The highest BCUT2D eigenvalue weighted by Crippen LogP contribution is 2.23. The van der Waals surface area contributed by atoms with Gasteiger partial charge in [0.05, 0.1) is 32.1 Å². The average Bonchev–Trinajstić information content (AvgIpc) is 2.80. The summed E-state index contributed by atoms with van der Waals surface area (Å²) in [7, 11) is -1.89. The van der Waals surface area contributed by atoms with E-state index in [0.29, 0.717) is 35.9 Å². The third-order valence-corrected chi connectivity index (χ3v) is 6.42. The summed E-state index contributed by atoms with van der Waals surface area (Å²) in [5.41, 5.74) is 1.81. The van der Waals surface area contributed by atoms with Crippen LogP contribution in [0.4, 0.5) is 5.69 Å². The quantitative estimate of drug-likeness (QED) is 0.395. The van der Waals surface area contributed by atoms with Crippen LogP contribution in [0.15, 0.2) is 77.3 Å². The Hall–Kier alpha value is -3.04. The normalized spacial score (nSPS) is 11.0. The topological polar surface area (TPSA) is 84.9 Å². The fourth-order valence-electron chi connectivity index (χ4n) is 3.06. The molecular formula is C24H25BrN2O5S. The van der Waals surface area contributed by atoms with E-state index in [1.165, 1.54) is 10.6 Å². The summed E-state index contributed by atoms with van der Waals surface area (Å²) in [5, 5.41) is 2.81. The van der Waals surface area contributed by atoms with Crippen molar-refractivity contribution in [3.8, 4) is 11.5 Å². The Labute approximate surface area is 202 Å². The van der Waals surface area contributed by atoms with Gasteiger partial charge in [-0.25, -0.2) is 8.42 Å². The van der Waals surface area contributed by atoms with Gasteiger partial charge < -0.3 is 14.8 Å². The van der Waals surface area contributed by atoms with Crippen molar-refractivity contribution in [1.29, 1.82) is 0 Å². The second-order valence-electron chi connectivity index (χ2n) is 7.23. The van der Waals surface area contributed by atoms with Crippen molar-refractivity contribution in [2.75, 3.05) is 30.8 Å². The lowest BCUT2D eigenvalue weighted by Crippen LogP contribution is -2.29. The number of hydrogen-bond donors (Lipinski definition) is 1. The van der Waals surface area contributed by atoms with Crippen LogP contribution in [-0.2, 0) is 16.6 Å². The van der Waals surface area contributed by atoms with Gasteiger partial charge in [0.2, 0.25) is 10.0 Å². The Morgan fingerprint density at radius 2 is 1.67 bits per heavy atom. The number of sulfonamides is 1. The summed E-state index contributed by atoms with van der Waals surface area (Å²) >= 11 is 3.35. The van der Waals surface area contributed by atoms with Gasteiger partial charge in [0.25, 0.3) is 5.91 Å². The highest BCUT2D eigenvalue weighted by molar-refractivity contribution is 9.10. The van der Waals surface area contributed by atoms with Gasteiger partial charge in [-0.1, -0.05) is 34.1 Å². The first kappa shape index (κ1) is 24.6. The lowest BCUT2D eigenvalue weighted by molar-refractivity contribution is 0.0947. The lowest BCUT2D eigenvalue weighted by atomic mass is 10.1. The number of halogens is 1. The zero-order chi connectivity index (χ0) is 23.8. The van der Waals surface area contributed by atoms with Crippen LogP contribution in [0.5, 0.6) is 11.5 Å². The molecule has 0 heterocycles. The molecule has 0 aromatic heterocycles. The maximum absolute atomic E-state index is 12.4. The van der Waals surface area contributed by atoms with Gasteiger partial charge >= 0.3 is 0 Å². The van der Waals surface area contributed by atoms with E-state index in [1.807, 2.05) is 18.2 Å². The molecule has 1 amide bonds. The molecule has 0 radical (unpaired) electrons. The van der Waals surface area contributed by atoms with Crippen LogP contribution >= 0.6 is 15.9 Å². The molecule has 7 nitrogen and oxygen atoms in total. The summed E-state index contributed by atoms with van der Waals surface area (Å²) in [4.78, 5) is 12.4. The van der Waals surface area contributed by atoms with Crippen molar-refractivity contribution in [2.24, 2.45) is 0 Å². The third kappa shape index (κ3) is 7.23. The van der Waals surface area contributed by atoms with Crippen molar-refractivity contribution < 1.29 is 22.7 Å². The summed E-state index contributed by atoms with van der Waals surface area (Å²) in [6.07, 6.45) is 1.17. The van der Waals surface area contributed by atoms with Crippen molar-refractivity contribution in [3.05, 3.63) is 88.4 Å². The number of carbonyl (C=O) groups excluding carboxylic acids is 1. The maximum atomic E-state index is 12.4. The molecule has 0 fully saturated rings. The van der Waals surface area contributed by atoms with Crippen LogP contribution in [0.25, 0.3) is 0 Å². The molecule has 3 aromatic rings. The largest absolute Gasteiger partial charge is 0.497 e. The molecule has 174 valence electrons. The molecule has 1 N–H and O–H groups in total. The minimum Gasteiger partial charge on any atom is -0.497 e. The van der Waals surface area contributed by atoms with Crippen LogP contribution < -0.4 is 19.1 Å². The van der Waals surface area contributed by atoms with Gasteiger partial charge in [-0.05, 0) is 54.1 Å². The Kier molecular flexibility index (Phi) is 8.35. The van der Waals surface area contributed by atoms with E-state index in [9.17, 15) is 13.2 Å². The van der Waals surface area contributed by atoms with Gasteiger partial charge in [0, 0.05) is 16.1 Å². The predicted molar refractivity (Wildman–Crippen MR) is 132 cm³/mol. The van der Waals surface area contributed by atoms with Crippen LogP contribution in [0, 0.1) is 0 Å². The number of nitrogens with one attached hydrogen (secondary N) is 1. The fourth-order valence-corrected chi connectivity index (χ4v) is 4.21. The van der Waals surface area contributed by atoms with Gasteiger partial charge in [-0.15, -0.1) is 0 Å². The standard InChI is InChI=1S/C24H25BrN2O5S/c1-31-22-4-3-5-23(16-22)32-15-14-26-24(28)19-8-6-18(7-9-19)17-27(33(2,29)30)21-12-10-20(25)11-13-21/h3-13,16H,14-15,17H2,1-2H3,(H,26,28). The molecule has 0 aliphatic rings. The minimum absolute atomic E-state index is 0.163. The van der Waals surface area contributed by atoms with Gasteiger partial charge in [-0.2, -0.15) is 0 Å². The summed E-state index contributed by atoms with van der Waals surface area (Å²) in [5.74, 6) is 1.13. The zero-order valence-corrected chi connectivity index (χ0v) is 20.7. The molecule has 0 spiro atoms. The van der Waals surface area contributed by atoms with Crippen molar-refractivity contribution >= 4 is 37.5 Å². The Balaban J connectivity index is 1.56. The Morgan fingerprint density at radius 1 is 1.00 bits per heavy atom. The molecular weight excluding hydrogens is 508 g/mol. The molecule has 0 saturated heterocycles. The molecule has 0 aliphatic heterocycles. The van der Waals surface area contributed by atoms with E-state index >= 15 is 0 Å². The van der Waals surface area contributed by atoms with Gasteiger partial charge in [0.1, 0.15) is 18.1 Å². The average molecular weight is 533 g/mol. The number of hydrogen-bond acceptors (Lipinski definition) is 5. The number of rotatable bonds is 10. The molecule has 3 aromatic carbocycles. The van der Waals surface area contributed by atoms with Crippen molar-refractivity contribution in [2.45, 2.75) is 6.54 Å². The number of benzene rings is 3. The second-order valence-corrected chi connectivity index (χ2v) is 10.0. The second kappa shape index (κ2) is 11.2. The van der Waals surface area contributed by atoms with Crippen molar-refractivity contribution in [3.63, 3.8) is 0 Å². The highest BCUT2D eigenvalue weighted by Gasteiger charge is 2.18. The molecule has 0 aliphatic carbocycles. The molecule has 9 heteroatoms. The smallest absolute Gasteiger partial charge is 0.251 e. The lowest BCUT2D eigenvalue weighted by Gasteiger charge is -2.22. The first-order valence-electron chi connectivity index (χ1n) is 10.1. The monoisotopic (exact) mass is 532 g/mol. The molecule has 33 heavy (non-hydrogen) atoms. The number of ether oxygens (including phenoxy) is 2. The third-order valence-electron chi connectivity index (χ3n) is 4.75. The molecule has 0 unspecified atom stereocenters. The molecule has 0 saturated carbocycles. The van der Waals surface area contributed by atoms with Gasteiger partial charge in [0.15, 0.2) is 0 Å². The number of anilines is 1. The molecule has 0 bridgehead atoms. The fraction of sp³-hybridized carbons (Fsp3) is 0.208. The van der Waals surface area contributed by atoms with Crippen LogP contribution in [0.1, 0.15) is 15.9 Å². The predicted octanol–water partition coefficient (Wildman–Crippen LogP) is 4.23. The first-order chi connectivity index (χ1) is 15.8. The van der Waals surface area contributed by atoms with E-state index in [2.05, 4.69) is 21.2 Å². The van der Waals surface area contributed by atoms with Gasteiger partial charge in [-0.3, -0.25) is 9.10 Å². The van der Waals surface area contributed by atoms with E-state index in [0.717, 1.165) is 10.0 Å². The van der Waals surface area contributed by atoms with Crippen LogP contribution in [-0.4, -0.2) is 40.8 Å². The van der Waals surface area contributed by atoms with E-state index in [-0.39, 0.29) is 12.5 Å². The van der Waals surface area contributed by atoms with E-state index in [1.54, 1.807) is 61.7 Å². The number of methoxy groups -OCH3 is 1. The molecule has 3 rings (SSSR count). The zero-order valence-electron chi connectivity index (χ0n) is 18.3. The number of nitrogens with zero attached hydrogens (tertiary/aromatic N) is 1. The Morgan fingerprint density at radius 3 is 2.30 bits per heavy atom. The summed E-state index contributed by atoms with van der Waals surface area (Å²) in [6.45, 7) is 0.813. The maximum Gasteiger partial charge on any atom is 0.251 e. The summed E-state index contributed by atoms with van der Waals surface area (Å²) < 4.78 is 37.6. The highest BCUT2D eigenvalue weighted by atomic mass is 79.9. The van der Waals surface area contributed by atoms with E-state index < -0.39 is 10.0 Å². The van der Waals surface area contributed by atoms with Crippen LogP contribution in [0.2, 0.25) is 0 Å². The Bertz CT molecular complexity index is 1180. The SMILES string of the molecule is COc1cccc(OCCNC(=O)c2ccc(CN(c3ccc(Br)cc3)S(C)(=O)=O)cc2)c1. The first-order valence-corrected chi connectivity index (χ1v) is 12.8.